The summed E-state index contributed by atoms with van der Waals surface area (Å²) in [5, 5.41) is 0.497. The first-order valence-electron chi connectivity index (χ1n) is 5.98. The quantitative estimate of drug-likeness (QED) is 0.750. The van der Waals surface area contributed by atoms with E-state index in [0.717, 1.165) is 12.3 Å². The molecule has 0 spiro atoms. The second kappa shape index (κ2) is 5.88. The van der Waals surface area contributed by atoms with Crippen LogP contribution in [0.3, 0.4) is 0 Å². The largest absolute Gasteiger partial charge is 0.294 e. The lowest BCUT2D eigenvalue weighted by molar-refractivity contribution is 0.199. The van der Waals surface area contributed by atoms with Gasteiger partial charge in [0.1, 0.15) is 11.6 Å². The van der Waals surface area contributed by atoms with E-state index < -0.39 is 11.6 Å². The molecule has 1 aromatic rings. The number of nitrogens with zero attached hydrogens (tertiary/aromatic N) is 1. The van der Waals surface area contributed by atoms with Crippen LogP contribution in [0.25, 0.3) is 0 Å². The average molecular weight is 336 g/mol. The van der Waals surface area contributed by atoms with Crippen LogP contribution in [-0.4, -0.2) is 28.5 Å². The topological polar surface area (TPSA) is 3.24 Å². The fourth-order valence-electron chi connectivity index (χ4n) is 2.14. The van der Waals surface area contributed by atoms with E-state index >= 15 is 0 Å². The molecule has 0 aliphatic carbocycles. The van der Waals surface area contributed by atoms with Crippen molar-refractivity contribution >= 4 is 27.7 Å². The number of hydrogen-bond donors (Lipinski definition) is 0. The van der Waals surface area contributed by atoms with E-state index in [4.69, 9.17) is 0 Å². The van der Waals surface area contributed by atoms with Gasteiger partial charge in [-0.2, -0.15) is 11.8 Å². The van der Waals surface area contributed by atoms with Crippen LogP contribution in [-0.2, 0) is 6.54 Å². The number of benzene rings is 1. The smallest absolute Gasteiger partial charge is 0.144 e. The summed E-state index contributed by atoms with van der Waals surface area (Å²) in [5.41, 5.74) is 0.162. The van der Waals surface area contributed by atoms with Crippen LogP contribution >= 0.6 is 27.7 Å². The molecule has 1 fully saturated rings. The number of hydrogen-bond acceptors (Lipinski definition) is 2. The van der Waals surface area contributed by atoms with Crippen LogP contribution in [0, 0.1) is 11.6 Å². The maximum absolute atomic E-state index is 13.9. The molecule has 100 valence electrons. The summed E-state index contributed by atoms with van der Waals surface area (Å²) in [5.74, 6) is 0.0739. The number of rotatable bonds is 2. The lowest BCUT2D eigenvalue weighted by atomic mass is 10.1. The summed E-state index contributed by atoms with van der Waals surface area (Å²) in [6.45, 7) is 5.49. The minimum Gasteiger partial charge on any atom is -0.294 e. The number of thioether (sulfide) groups is 1. The van der Waals surface area contributed by atoms with Crippen molar-refractivity contribution in [3.63, 3.8) is 0 Å². The maximum Gasteiger partial charge on any atom is 0.144 e. The van der Waals surface area contributed by atoms with Gasteiger partial charge >= 0.3 is 0 Å². The third-order valence-corrected chi connectivity index (χ3v) is 5.47. The van der Waals surface area contributed by atoms with Gasteiger partial charge in [0.2, 0.25) is 0 Å². The van der Waals surface area contributed by atoms with Gasteiger partial charge in [-0.05, 0) is 35.0 Å². The Morgan fingerprint density at radius 1 is 1.39 bits per heavy atom. The SMILES string of the molecule is CC1SCCN(Cc2c(F)ccc(Br)c2F)C1C. The van der Waals surface area contributed by atoms with E-state index in [0.29, 0.717) is 22.3 Å². The molecule has 1 nitrogen and oxygen atoms in total. The normalized spacial score (nSPS) is 25.4. The van der Waals surface area contributed by atoms with E-state index in [1.807, 2.05) is 11.8 Å². The van der Waals surface area contributed by atoms with Crippen molar-refractivity contribution in [2.24, 2.45) is 0 Å². The second-order valence-corrected chi connectivity index (χ2v) is 6.95. The molecule has 1 heterocycles. The van der Waals surface area contributed by atoms with Crippen LogP contribution < -0.4 is 0 Å². The van der Waals surface area contributed by atoms with Crippen molar-refractivity contribution in [1.29, 1.82) is 0 Å². The molecule has 2 rings (SSSR count). The van der Waals surface area contributed by atoms with Crippen molar-refractivity contribution < 1.29 is 8.78 Å². The predicted molar refractivity (Wildman–Crippen MR) is 75.9 cm³/mol. The molecule has 0 aromatic heterocycles. The van der Waals surface area contributed by atoms with Crippen molar-refractivity contribution in [2.75, 3.05) is 12.3 Å². The molecule has 0 bridgehead atoms. The molecule has 0 radical (unpaired) electrons. The summed E-state index contributed by atoms with van der Waals surface area (Å²) >= 11 is 5.02. The highest BCUT2D eigenvalue weighted by Gasteiger charge is 2.27. The molecule has 2 atom stereocenters. The van der Waals surface area contributed by atoms with Crippen LogP contribution in [0.4, 0.5) is 8.78 Å². The first-order valence-corrected chi connectivity index (χ1v) is 7.83. The zero-order valence-corrected chi connectivity index (χ0v) is 12.8. The van der Waals surface area contributed by atoms with Crippen LogP contribution in [0.1, 0.15) is 19.4 Å². The standard InChI is InChI=1S/C13H16BrF2NS/c1-8-9(2)18-6-5-17(8)7-10-12(15)4-3-11(14)13(10)16/h3-4,8-9H,5-7H2,1-2H3. The molecule has 0 saturated carbocycles. The fourth-order valence-corrected chi connectivity index (χ4v) is 3.67. The molecule has 18 heavy (non-hydrogen) atoms. The van der Waals surface area contributed by atoms with Crippen molar-refractivity contribution in [3.8, 4) is 0 Å². The maximum atomic E-state index is 13.9. The van der Waals surface area contributed by atoms with Gasteiger partial charge in [0, 0.05) is 35.7 Å². The molecule has 2 unspecified atom stereocenters. The summed E-state index contributed by atoms with van der Waals surface area (Å²) in [6, 6.07) is 3.06. The van der Waals surface area contributed by atoms with Crippen LogP contribution in [0.5, 0.6) is 0 Å². The van der Waals surface area contributed by atoms with Crippen molar-refractivity contribution in [2.45, 2.75) is 31.7 Å². The zero-order valence-electron chi connectivity index (χ0n) is 10.4. The first kappa shape index (κ1) is 14.3. The van der Waals surface area contributed by atoms with Gasteiger partial charge in [0.15, 0.2) is 0 Å². The van der Waals surface area contributed by atoms with E-state index in [1.165, 1.54) is 12.1 Å². The van der Waals surface area contributed by atoms with Gasteiger partial charge in [-0.1, -0.05) is 6.92 Å². The van der Waals surface area contributed by atoms with E-state index in [2.05, 4.69) is 34.7 Å². The zero-order chi connectivity index (χ0) is 13.3. The highest BCUT2D eigenvalue weighted by atomic mass is 79.9. The molecular weight excluding hydrogens is 320 g/mol. The summed E-state index contributed by atoms with van der Waals surface area (Å²) in [6.07, 6.45) is 0. The van der Waals surface area contributed by atoms with Crippen LogP contribution in [0.15, 0.2) is 16.6 Å². The molecule has 1 saturated heterocycles. The van der Waals surface area contributed by atoms with Crippen LogP contribution in [0.2, 0.25) is 0 Å². The third-order valence-electron chi connectivity index (χ3n) is 3.51. The summed E-state index contributed by atoms with van der Waals surface area (Å²) < 4.78 is 28.0. The van der Waals surface area contributed by atoms with E-state index in [-0.39, 0.29) is 5.56 Å². The Balaban J connectivity index is 2.21. The Labute approximate surface area is 119 Å². The lowest BCUT2D eigenvalue weighted by Crippen LogP contribution is -2.44. The first-order chi connectivity index (χ1) is 8.50. The van der Waals surface area contributed by atoms with Gasteiger partial charge in [0.25, 0.3) is 0 Å². The van der Waals surface area contributed by atoms with Gasteiger partial charge < -0.3 is 0 Å². The van der Waals surface area contributed by atoms with E-state index in [9.17, 15) is 8.78 Å². The van der Waals surface area contributed by atoms with Crippen molar-refractivity contribution in [3.05, 3.63) is 33.8 Å². The monoisotopic (exact) mass is 335 g/mol. The summed E-state index contributed by atoms with van der Waals surface area (Å²) in [7, 11) is 0. The molecule has 1 aliphatic rings. The Morgan fingerprint density at radius 3 is 2.83 bits per heavy atom. The van der Waals surface area contributed by atoms with Gasteiger partial charge in [0.05, 0.1) is 4.47 Å². The highest BCUT2D eigenvalue weighted by molar-refractivity contribution is 9.10. The Bertz CT molecular complexity index is 441. The molecular formula is C13H16BrF2NS. The van der Waals surface area contributed by atoms with Gasteiger partial charge in [-0.3, -0.25) is 4.90 Å². The van der Waals surface area contributed by atoms with Gasteiger partial charge in [-0.15, -0.1) is 0 Å². The Hall–Kier alpha value is -0.130. The molecule has 1 aromatic carbocycles. The average Bonchev–Trinajstić information content (AvgIpc) is 2.35. The minimum atomic E-state index is -0.479. The second-order valence-electron chi connectivity index (χ2n) is 4.61. The summed E-state index contributed by atoms with van der Waals surface area (Å²) in [4.78, 5) is 2.15. The lowest BCUT2D eigenvalue weighted by Gasteiger charge is -2.37. The van der Waals surface area contributed by atoms with Gasteiger partial charge in [-0.25, -0.2) is 8.78 Å². The number of halogens is 3. The van der Waals surface area contributed by atoms with E-state index in [1.54, 1.807) is 0 Å². The molecule has 5 heteroatoms. The van der Waals surface area contributed by atoms with Crippen molar-refractivity contribution in [1.82, 2.24) is 4.90 Å². The minimum absolute atomic E-state index is 0.162. The Kier molecular flexibility index (Phi) is 4.67. The molecule has 0 N–H and O–H groups in total. The molecule has 1 aliphatic heterocycles. The molecule has 0 amide bonds. The predicted octanol–water partition coefficient (Wildman–Crippen LogP) is 4.05. The Morgan fingerprint density at radius 2 is 2.11 bits per heavy atom. The fraction of sp³-hybridized carbons (Fsp3) is 0.538. The third kappa shape index (κ3) is 2.89. The highest BCUT2D eigenvalue weighted by Crippen LogP contribution is 2.28.